The van der Waals surface area contributed by atoms with Crippen molar-refractivity contribution in [2.45, 2.75) is 45.8 Å². The van der Waals surface area contributed by atoms with Crippen LogP contribution in [-0.4, -0.2) is 45.0 Å². The third-order valence-corrected chi connectivity index (χ3v) is 5.66. The number of nitrogens with zero attached hydrogens (tertiary/aromatic N) is 3. The van der Waals surface area contributed by atoms with E-state index in [2.05, 4.69) is 10.3 Å². The lowest BCUT2D eigenvalue weighted by molar-refractivity contribution is -0.125. The second-order valence-corrected chi connectivity index (χ2v) is 9.55. The third-order valence-electron chi connectivity index (χ3n) is 5.66. The first-order valence-corrected chi connectivity index (χ1v) is 9.90. The van der Waals surface area contributed by atoms with Crippen molar-refractivity contribution in [3.8, 4) is 0 Å². The number of piperidine rings is 1. The van der Waals surface area contributed by atoms with Crippen LogP contribution < -0.4 is 5.32 Å². The van der Waals surface area contributed by atoms with Gasteiger partial charge in [0.15, 0.2) is 0 Å². The van der Waals surface area contributed by atoms with Crippen LogP contribution in [0.5, 0.6) is 0 Å². The monoisotopic (exact) mass is 402 g/mol. The van der Waals surface area contributed by atoms with Crippen LogP contribution >= 0.6 is 0 Å². The van der Waals surface area contributed by atoms with Crippen molar-refractivity contribution in [3.63, 3.8) is 0 Å². The van der Waals surface area contributed by atoms with E-state index in [0.29, 0.717) is 24.4 Å². The smallest absolute Gasteiger partial charge is 0.410 e. The zero-order valence-corrected chi connectivity index (χ0v) is 17.4. The topological polar surface area (TPSA) is 75.9 Å². The van der Waals surface area contributed by atoms with Gasteiger partial charge in [-0.25, -0.2) is 14.2 Å². The van der Waals surface area contributed by atoms with E-state index >= 15 is 0 Å². The average molecular weight is 402 g/mol. The van der Waals surface area contributed by atoms with E-state index in [1.807, 2.05) is 34.6 Å². The molecule has 0 aromatic carbocycles. The molecular weight excluding hydrogens is 375 g/mol. The number of carbonyl (C=O) groups is 2. The highest BCUT2D eigenvalue weighted by Crippen LogP contribution is 2.52. The van der Waals surface area contributed by atoms with Crippen LogP contribution in [0.4, 0.5) is 9.18 Å². The minimum absolute atomic E-state index is 0.0537. The molecule has 7 nitrogen and oxygen atoms in total. The zero-order valence-electron chi connectivity index (χ0n) is 17.4. The zero-order chi connectivity index (χ0) is 21.1. The summed E-state index contributed by atoms with van der Waals surface area (Å²) in [5.41, 5.74) is -0.919. The summed E-state index contributed by atoms with van der Waals surface area (Å²) in [6.07, 6.45) is 2.89. The lowest BCUT2D eigenvalue weighted by Gasteiger charge is -2.27. The van der Waals surface area contributed by atoms with E-state index in [4.69, 9.17) is 4.74 Å². The molecule has 2 fully saturated rings. The molecule has 1 saturated heterocycles. The van der Waals surface area contributed by atoms with E-state index in [-0.39, 0.29) is 35.6 Å². The van der Waals surface area contributed by atoms with Gasteiger partial charge in [0.25, 0.3) is 0 Å². The first-order valence-electron chi connectivity index (χ1n) is 9.90. The van der Waals surface area contributed by atoms with Crippen molar-refractivity contribution in [2.75, 3.05) is 13.1 Å². The second kappa shape index (κ2) is 6.43. The Bertz CT molecular complexity index is 966. The summed E-state index contributed by atoms with van der Waals surface area (Å²) < 4.78 is 21.0. The van der Waals surface area contributed by atoms with Crippen molar-refractivity contribution in [3.05, 3.63) is 36.2 Å². The summed E-state index contributed by atoms with van der Waals surface area (Å²) in [6, 6.07) is 3.00. The number of likely N-dealkylation sites (tertiary alicyclic amines) is 1. The van der Waals surface area contributed by atoms with Gasteiger partial charge in [0.1, 0.15) is 22.8 Å². The molecule has 29 heavy (non-hydrogen) atoms. The van der Waals surface area contributed by atoms with Gasteiger partial charge in [-0.3, -0.25) is 9.20 Å². The van der Waals surface area contributed by atoms with E-state index in [1.165, 1.54) is 12.3 Å². The van der Waals surface area contributed by atoms with Crippen LogP contribution in [0.15, 0.2) is 24.5 Å². The van der Waals surface area contributed by atoms with E-state index in [9.17, 15) is 14.0 Å². The summed E-state index contributed by atoms with van der Waals surface area (Å²) in [5.74, 6) is 0.368. The average Bonchev–Trinajstić information content (AvgIpc) is 2.96. The summed E-state index contributed by atoms with van der Waals surface area (Å²) in [6.45, 7) is 10.3. The van der Waals surface area contributed by atoms with E-state index < -0.39 is 11.1 Å². The number of hydrogen-bond donors (Lipinski definition) is 1. The summed E-state index contributed by atoms with van der Waals surface area (Å²) in [7, 11) is 0. The standard InChI is InChI=1S/C21H27FN4O3/c1-20(2,3)29-19(28)25-10-12-13(11-25)16(12)17(27)24-21(4,5)18-23-9-15-14(22)7-6-8-26(15)18/h6-9,12-13,16H,10-11H2,1-5H3,(H,24,27)/t12-,13+,16?. The molecule has 0 radical (unpaired) electrons. The number of amides is 2. The molecule has 3 atom stereocenters. The quantitative estimate of drug-likeness (QED) is 0.857. The Kier molecular flexibility index (Phi) is 4.36. The Labute approximate surface area is 169 Å². The molecule has 0 spiro atoms. The van der Waals surface area contributed by atoms with Crippen LogP contribution in [0.1, 0.15) is 40.4 Å². The molecule has 2 amide bonds. The highest BCUT2D eigenvalue weighted by Gasteiger charge is 2.61. The molecule has 0 bridgehead atoms. The van der Waals surface area contributed by atoms with Gasteiger partial charge in [-0.15, -0.1) is 0 Å². The molecule has 2 aliphatic rings. The van der Waals surface area contributed by atoms with Gasteiger partial charge in [0, 0.05) is 25.2 Å². The van der Waals surface area contributed by atoms with Crippen LogP contribution in [-0.2, 0) is 15.1 Å². The van der Waals surface area contributed by atoms with Crippen LogP contribution in [0, 0.1) is 23.6 Å². The van der Waals surface area contributed by atoms with Gasteiger partial charge < -0.3 is 15.0 Å². The highest BCUT2D eigenvalue weighted by atomic mass is 19.1. The number of nitrogens with one attached hydrogen (secondary N) is 1. The molecule has 156 valence electrons. The first kappa shape index (κ1) is 19.7. The number of fused-ring (bicyclic) bond motifs is 2. The first-order chi connectivity index (χ1) is 13.5. The van der Waals surface area contributed by atoms with E-state index in [0.717, 1.165) is 0 Å². The molecule has 1 saturated carbocycles. The molecule has 4 rings (SSSR count). The number of carbonyl (C=O) groups excluding carboxylic acids is 2. The summed E-state index contributed by atoms with van der Waals surface area (Å²) in [5, 5.41) is 3.06. The molecule has 1 unspecified atom stereocenters. The second-order valence-electron chi connectivity index (χ2n) is 9.55. The Balaban J connectivity index is 1.40. The van der Waals surface area contributed by atoms with Crippen molar-refractivity contribution >= 4 is 17.5 Å². The number of hydrogen-bond acceptors (Lipinski definition) is 4. The number of rotatable bonds is 3. The summed E-state index contributed by atoms with van der Waals surface area (Å²) in [4.78, 5) is 31.1. The van der Waals surface area contributed by atoms with Crippen molar-refractivity contribution < 1.29 is 18.7 Å². The maximum Gasteiger partial charge on any atom is 0.410 e. The number of aromatic nitrogens is 2. The Morgan fingerprint density at radius 1 is 1.21 bits per heavy atom. The minimum atomic E-state index is -0.765. The van der Waals surface area contributed by atoms with Gasteiger partial charge in [0.05, 0.1) is 11.7 Å². The maximum atomic E-state index is 14.0. The van der Waals surface area contributed by atoms with E-state index in [1.54, 1.807) is 21.6 Å². The predicted octanol–water partition coefficient (Wildman–Crippen LogP) is 2.94. The van der Waals surface area contributed by atoms with Gasteiger partial charge in [-0.1, -0.05) is 0 Å². The SMILES string of the molecule is CC(C)(C)OC(=O)N1C[C@@H]2C(C(=O)NC(C)(C)c3ncc4c(F)cccn34)[C@@H]2C1. The number of halogens is 1. The van der Waals surface area contributed by atoms with Crippen LogP contribution in [0.25, 0.3) is 5.52 Å². The van der Waals surface area contributed by atoms with Gasteiger partial charge in [0.2, 0.25) is 5.91 Å². The fraction of sp³-hybridized carbons (Fsp3) is 0.571. The van der Waals surface area contributed by atoms with Gasteiger partial charge >= 0.3 is 6.09 Å². The lowest BCUT2D eigenvalue weighted by Crippen LogP contribution is -2.45. The third kappa shape index (κ3) is 3.56. The molecule has 1 aliphatic heterocycles. The Hall–Kier alpha value is -2.64. The fourth-order valence-corrected chi connectivity index (χ4v) is 4.29. The molecule has 2 aromatic heterocycles. The lowest BCUT2D eigenvalue weighted by atomic mass is 10.0. The van der Waals surface area contributed by atoms with Crippen molar-refractivity contribution in [1.82, 2.24) is 19.6 Å². The van der Waals surface area contributed by atoms with Crippen LogP contribution in [0.3, 0.4) is 0 Å². The Morgan fingerprint density at radius 2 is 1.86 bits per heavy atom. The Morgan fingerprint density at radius 3 is 2.48 bits per heavy atom. The molecule has 1 N–H and O–H groups in total. The fourth-order valence-electron chi connectivity index (χ4n) is 4.29. The number of ether oxygens (including phenoxy) is 1. The van der Waals surface area contributed by atoms with Crippen LogP contribution in [0.2, 0.25) is 0 Å². The normalized spacial score (nSPS) is 23.8. The number of imidazole rings is 1. The molecular formula is C21H27FN4O3. The van der Waals surface area contributed by atoms with Gasteiger partial charge in [-0.2, -0.15) is 0 Å². The highest BCUT2D eigenvalue weighted by molar-refractivity contribution is 5.84. The van der Waals surface area contributed by atoms with Crippen molar-refractivity contribution in [1.29, 1.82) is 0 Å². The van der Waals surface area contributed by atoms with Gasteiger partial charge in [-0.05, 0) is 58.6 Å². The largest absolute Gasteiger partial charge is 0.444 e. The minimum Gasteiger partial charge on any atom is -0.444 e. The molecule has 2 aromatic rings. The molecule has 1 aliphatic carbocycles. The number of pyridine rings is 1. The maximum absolute atomic E-state index is 14.0. The molecule has 3 heterocycles. The molecule has 8 heteroatoms. The van der Waals surface area contributed by atoms with Crippen molar-refractivity contribution in [2.24, 2.45) is 17.8 Å². The predicted molar refractivity (Wildman–Crippen MR) is 105 cm³/mol. The summed E-state index contributed by atoms with van der Waals surface area (Å²) >= 11 is 0.